The van der Waals surface area contributed by atoms with Gasteiger partial charge in [-0.3, -0.25) is 4.90 Å². The second-order valence-electron chi connectivity index (χ2n) is 5.15. The van der Waals surface area contributed by atoms with E-state index in [-0.39, 0.29) is 0 Å². The molecule has 1 fully saturated rings. The Labute approximate surface area is 107 Å². The molecule has 0 amide bonds. The lowest BCUT2D eigenvalue weighted by Crippen LogP contribution is -2.35. The number of fused-ring (bicyclic) bond motifs is 1. The molecule has 0 atom stereocenters. The number of rotatable bonds is 3. The molecule has 2 aromatic heterocycles. The molecule has 96 valence electrons. The monoisotopic (exact) mass is 244 g/mol. The molecular weight excluding hydrogens is 224 g/mol. The van der Waals surface area contributed by atoms with Crippen molar-refractivity contribution in [2.75, 3.05) is 19.6 Å². The van der Waals surface area contributed by atoms with Crippen molar-refractivity contribution in [3.05, 3.63) is 36.3 Å². The van der Waals surface area contributed by atoms with Crippen molar-refractivity contribution in [1.29, 1.82) is 0 Å². The van der Waals surface area contributed by atoms with E-state index < -0.39 is 0 Å². The van der Waals surface area contributed by atoms with Gasteiger partial charge in [-0.2, -0.15) is 0 Å². The van der Waals surface area contributed by atoms with E-state index in [1.165, 1.54) is 12.8 Å². The summed E-state index contributed by atoms with van der Waals surface area (Å²) >= 11 is 0. The third-order valence-electron chi connectivity index (χ3n) is 3.84. The highest BCUT2D eigenvalue weighted by Crippen LogP contribution is 2.17. The zero-order valence-electron chi connectivity index (χ0n) is 10.6. The summed E-state index contributed by atoms with van der Waals surface area (Å²) in [5.41, 5.74) is 7.91. The Morgan fingerprint density at radius 1 is 1.28 bits per heavy atom. The molecule has 3 rings (SSSR count). The van der Waals surface area contributed by atoms with Gasteiger partial charge in [0.2, 0.25) is 0 Å². The van der Waals surface area contributed by atoms with E-state index in [9.17, 15) is 0 Å². The summed E-state index contributed by atoms with van der Waals surface area (Å²) in [4.78, 5) is 7.12. The number of hydrogen-bond acceptors (Lipinski definition) is 3. The fourth-order valence-corrected chi connectivity index (χ4v) is 2.67. The Bertz CT molecular complexity index is 478. The number of likely N-dealkylation sites (tertiary alicyclic amines) is 1. The van der Waals surface area contributed by atoms with Crippen molar-refractivity contribution in [2.24, 2.45) is 11.7 Å². The van der Waals surface area contributed by atoms with Gasteiger partial charge in [-0.15, -0.1) is 0 Å². The quantitative estimate of drug-likeness (QED) is 0.890. The van der Waals surface area contributed by atoms with E-state index in [4.69, 9.17) is 5.73 Å². The molecule has 0 saturated carbocycles. The summed E-state index contributed by atoms with van der Waals surface area (Å²) in [7, 11) is 0. The van der Waals surface area contributed by atoms with Crippen molar-refractivity contribution >= 4 is 5.65 Å². The third-order valence-corrected chi connectivity index (χ3v) is 3.84. The molecule has 0 bridgehead atoms. The van der Waals surface area contributed by atoms with E-state index in [0.717, 1.165) is 43.4 Å². The first-order chi connectivity index (χ1) is 8.85. The van der Waals surface area contributed by atoms with Gasteiger partial charge in [-0.1, -0.05) is 6.07 Å². The molecule has 0 spiro atoms. The van der Waals surface area contributed by atoms with Crippen LogP contribution in [0.25, 0.3) is 5.65 Å². The third kappa shape index (κ3) is 2.40. The second-order valence-corrected chi connectivity index (χ2v) is 5.15. The first kappa shape index (κ1) is 11.7. The summed E-state index contributed by atoms with van der Waals surface area (Å²) in [5.74, 6) is 0.724. The lowest BCUT2D eigenvalue weighted by molar-refractivity contribution is 0.179. The Hall–Kier alpha value is -1.39. The van der Waals surface area contributed by atoms with Crippen LogP contribution in [0.4, 0.5) is 0 Å². The number of imidazole rings is 1. The van der Waals surface area contributed by atoms with Gasteiger partial charge in [0.1, 0.15) is 5.65 Å². The van der Waals surface area contributed by atoms with Crippen LogP contribution < -0.4 is 5.73 Å². The minimum Gasteiger partial charge on any atom is -0.330 e. The smallest absolute Gasteiger partial charge is 0.137 e. The molecule has 2 aromatic rings. The Balaban J connectivity index is 1.66. The fourth-order valence-electron chi connectivity index (χ4n) is 2.67. The number of nitrogens with zero attached hydrogens (tertiary/aromatic N) is 3. The highest BCUT2D eigenvalue weighted by atomic mass is 15.1. The van der Waals surface area contributed by atoms with Gasteiger partial charge in [0, 0.05) is 18.9 Å². The molecule has 0 radical (unpaired) electrons. The minimum absolute atomic E-state index is 0.724. The molecule has 3 heterocycles. The van der Waals surface area contributed by atoms with Crippen molar-refractivity contribution < 1.29 is 0 Å². The average Bonchev–Trinajstić information content (AvgIpc) is 2.82. The first-order valence-electron chi connectivity index (χ1n) is 6.70. The van der Waals surface area contributed by atoms with Crippen molar-refractivity contribution in [2.45, 2.75) is 19.4 Å². The molecule has 0 aromatic carbocycles. The molecule has 1 aliphatic heterocycles. The first-order valence-corrected chi connectivity index (χ1v) is 6.70. The largest absolute Gasteiger partial charge is 0.330 e. The Morgan fingerprint density at radius 2 is 2.11 bits per heavy atom. The maximum Gasteiger partial charge on any atom is 0.137 e. The zero-order valence-corrected chi connectivity index (χ0v) is 10.6. The van der Waals surface area contributed by atoms with Gasteiger partial charge < -0.3 is 10.1 Å². The molecule has 0 aliphatic carbocycles. The van der Waals surface area contributed by atoms with Gasteiger partial charge in [0.25, 0.3) is 0 Å². The number of aromatic nitrogens is 2. The summed E-state index contributed by atoms with van der Waals surface area (Å²) in [6.45, 7) is 4.09. The van der Waals surface area contributed by atoms with Gasteiger partial charge in [0.15, 0.2) is 0 Å². The van der Waals surface area contributed by atoms with Crippen LogP contribution in [0.5, 0.6) is 0 Å². The van der Waals surface area contributed by atoms with Gasteiger partial charge >= 0.3 is 0 Å². The topological polar surface area (TPSA) is 46.6 Å². The molecule has 18 heavy (non-hydrogen) atoms. The molecule has 4 heteroatoms. The predicted molar refractivity (Wildman–Crippen MR) is 72.2 cm³/mol. The lowest BCUT2D eigenvalue weighted by Gasteiger charge is -2.30. The van der Waals surface area contributed by atoms with Gasteiger partial charge in [0.05, 0.1) is 5.69 Å². The van der Waals surface area contributed by atoms with Crippen molar-refractivity contribution in [3.63, 3.8) is 0 Å². The molecular formula is C14H20N4. The number of nitrogens with two attached hydrogens (primary N) is 1. The highest BCUT2D eigenvalue weighted by Gasteiger charge is 2.18. The lowest BCUT2D eigenvalue weighted by atomic mass is 9.97. The second kappa shape index (κ2) is 5.08. The van der Waals surface area contributed by atoms with Crippen LogP contribution in [0.3, 0.4) is 0 Å². The van der Waals surface area contributed by atoms with Crippen LogP contribution >= 0.6 is 0 Å². The van der Waals surface area contributed by atoms with E-state index in [1.807, 2.05) is 24.4 Å². The number of pyridine rings is 1. The summed E-state index contributed by atoms with van der Waals surface area (Å²) < 4.78 is 2.09. The van der Waals surface area contributed by atoms with Crippen LogP contribution in [-0.4, -0.2) is 33.9 Å². The summed E-state index contributed by atoms with van der Waals surface area (Å²) in [6.07, 6.45) is 6.63. The standard InChI is InChI=1S/C14H20N4/c15-9-12-4-7-17(8-5-12)10-13-11-18-6-2-1-3-14(18)16-13/h1-3,6,11-12H,4-5,7-10,15H2. The molecule has 0 unspecified atom stereocenters. The maximum absolute atomic E-state index is 5.72. The van der Waals surface area contributed by atoms with E-state index >= 15 is 0 Å². The van der Waals surface area contributed by atoms with Gasteiger partial charge in [-0.25, -0.2) is 4.98 Å². The van der Waals surface area contributed by atoms with Crippen molar-refractivity contribution in [3.8, 4) is 0 Å². The van der Waals surface area contributed by atoms with E-state index in [0.29, 0.717) is 0 Å². The van der Waals surface area contributed by atoms with Crippen molar-refractivity contribution in [1.82, 2.24) is 14.3 Å². The van der Waals surface area contributed by atoms with Crippen LogP contribution in [0, 0.1) is 5.92 Å². The summed E-state index contributed by atoms with van der Waals surface area (Å²) in [5, 5.41) is 0. The Morgan fingerprint density at radius 3 is 2.83 bits per heavy atom. The van der Waals surface area contributed by atoms with Gasteiger partial charge in [-0.05, 0) is 50.5 Å². The fraction of sp³-hybridized carbons (Fsp3) is 0.500. The summed E-state index contributed by atoms with van der Waals surface area (Å²) in [6, 6.07) is 6.11. The molecule has 2 N–H and O–H groups in total. The van der Waals surface area contributed by atoms with Crippen LogP contribution in [-0.2, 0) is 6.54 Å². The van der Waals surface area contributed by atoms with E-state index in [1.54, 1.807) is 0 Å². The van der Waals surface area contributed by atoms with Crippen LogP contribution in [0.15, 0.2) is 30.6 Å². The Kier molecular flexibility index (Phi) is 3.30. The SMILES string of the molecule is NCC1CCN(Cc2cn3ccccc3n2)CC1. The number of hydrogen-bond donors (Lipinski definition) is 1. The number of piperidine rings is 1. The normalized spacial score (nSPS) is 18.5. The molecule has 1 saturated heterocycles. The van der Waals surface area contributed by atoms with Crippen LogP contribution in [0.2, 0.25) is 0 Å². The maximum atomic E-state index is 5.72. The predicted octanol–water partition coefficient (Wildman–Crippen LogP) is 1.50. The van der Waals surface area contributed by atoms with Crippen LogP contribution in [0.1, 0.15) is 18.5 Å². The molecule has 4 nitrogen and oxygen atoms in total. The van der Waals surface area contributed by atoms with E-state index in [2.05, 4.69) is 20.5 Å². The minimum atomic E-state index is 0.724. The average molecular weight is 244 g/mol. The highest BCUT2D eigenvalue weighted by molar-refractivity contribution is 5.39. The zero-order chi connectivity index (χ0) is 12.4. The molecule has 1 aliphatic rings.